The van der Waals surface area contributed by atoms with Crippen LogP contribution in [0.25, 0.3) is 10.9 Å². The fourth-order valence-corrected chi connectivity index (χ4v) is 2.54. The molecule has 1 aromatic heterocycles. The lowest BCUT2D eigenvalue weighted by Crippen LogP contribution is -2.25. The predicted octanol–water partition coefficient (Wildman–Crippen LogP) is 1.13. The van der Waals surface area contributed by atoms with Crippen molar-refractivity contribution in [3.05, 3.63) is 34.6 Å². The van der Waals surface area contributed by atoms with E-state index in [9.17, 15) is 4.79 Å². The van der Waals surface area contributed by atoms with Gasteiger partial charge in [-0.25, -0.2) is 4.98 Å². The molecule has 102 valence electrons. The second kappa shape index (κ2) is 6.70. The van der Waals surface area contributed by atoms with E-state index in [1.54, 1.807) is 17.7 Å². The zero-order chi connectivity index (χ0) is 13.7. The lowest BCUT2D eigenvalue weighted by molar-refractivity contribution is 0.183. The van der Waals surface area contributed by atoms with Crippen molar-refractivity contribution in [3.63, 3.8) is 0 Å². The van der Waals surface area contributed by atoms with Gasteiger partial charge in [-0.1, -0.05) is 23.9 Å². The van der Waals surface area contributed by atoms with Crippen LogP contribution in [0.1, 0.15) is 0 Å². The van der Waals surface area contributed by atoms with Crippen molar-refractivity contribution >= 4 is 22.7 Å². The number of hydrogen-bond donors (Lipinski definition) is 1. The van der Waals surface area contributed by atoms with Crippen LogP contribution >= 0.6 is 11.8 Å². The Morgan fingerprint density at radius 3 is 2.95 bits per heavy atom. The summed E-state index contributed by atoms with van der Waals surface area (Å²) in [6.45, 7) is 0.963. The van der Waals surface area contributed by atoms with Crippen LogP contribution < -0.4 is 5.56 Å². The van der Waals surface area contributed by atoms with Gasteiger partial charge in [-0.2, -0.15) is 0 Å². The van der Waals surface area contributed by atoms with Crippen molar-refractivity contribution in [2.45, 2.75) is 11.7 Å². The summed E-state index contributed by atoms with van der Waals surface area (Å²) in [5.74, 6) is 0.512. The highest BCUT2D eigenvalue weighted by molar-refractivity contribution is 7.99. The maximum absolute atomic E-state index is 12.4. The average molecular weight is 280 g/mol. The Kier molecular flexibility index (Phi) is 4.95. The molecule has 1 heterocycles. The first-order chi connectivity index (χ1) is 9.27. The topological polar surface area (TPSA) is 64.3 Å². The summed E-state index contributed by atoms with van der Waals surface area (Å²) in [5, 5.41) is 10.1. The highest BCUT2D eigenvalue weighted by Crippen LogP contribution is 2.17. The summed E-state index contributed by atoms with van der Waals surface area (Å²) in [6.07, 6.45) is 0. The molecule has 0 aliphatic heterocycles. The summed E-state index contributed by atoms with van der Waals surface area (Å²) in [6, 6.07) is 7.27. The van der Waals surface area contributed by atoms with Crippen molar-refractivity contribution < 1.29 is 9.84 Å². The van der Waals surface area contributed by atoms with Crippen LogP contribution in [-0.4, -0.2) is 40.7 Å². The number of aliphatic hydroxyl groups is 1. The second-order valence-electron chi connectivity index (χ2n) is 3.93. The van der Waals surface area contributed by atoms with Crippen molar-refractivity contribution in [2.75, 3.05) is 26.1 Å². The van der Waals surface area contributed by atoms with Gasteiger partial charge in [0.15, 0.2) is 5.16 Å². The highest BCUT2D eigenvalue weighted by atomic mass is 32.2. The van der Waals surface area contributed by atoms with Gasteiger partial charge in [0.1, 0.15) is 0 Å². The van der Waals surface area contributed by atoms with Crippen LogP contribution in [-0.2, 0) is 11.3 Å². The first-order valence-corrected chi connectivity index (χ1v) is 6.98. The lowest BCUT2D eigenvalue weighted by atomic mass is 10.2. The van der Waals surface area contributed by atoms with E-state index in [0.717, 1.165) is 0 Å². The standard InChI is InChI=1S/C13H16N2O3S/c1-18-8-6-15-12(17)10-4-2-3-5-11(10)14-13(15)19-9-7-16/h2-5,16H,6-9H2,1H3. The van der Waals surface area contributed by atoms with E-state index in [0.29, 0.717) is 35.0 Å². The summed E-state index contributed by atoms with van der Waals surface area (Å²) < 4.78 is 6.63. The first kappa shape index (κ1) is 14.0. The van der Waals surface area contributed by atoms with Gasteiger partial charge in [-0.05, 0) is 12.1 Å². The first-order valence-electron chi connectivity index (χ1n) is 6.00. The number of aliphatic hydroxyl groups excluding tert-OH is 1. The number of thioether (sulfide) groups is 1. The minimum Gasteiger partial charge on any atom is -0.396 e. The van der Waals surface area contributed by atoms with Gasteiger partial charge >= 0.3 is 0 Å². The summed E-state index contributed by atoms with van der Waals surface area (Å²) in [4.78, 5) is 16.9. The molecule has 2 aromatic rings. The summed E-state index contributed by atoms with van der Waals surface area (Å²) in [5.41, 5.74) is 0.615. The SMILES string of the molecule is COCCn1c(SCCO)nc2ccccc2c1=O. The third-order valence-electron chi connectivity index (χ3n) is 2.67. The molecule has 1 aromatic carbocycles. The maximum Gasteiger partial charge on any atom is 0.262 e. The molecular formula is C13H16N2O3S. The molecule has 0 radical (unpaired) electrons. The van der Waals surface area contributed by atoms with Gasteiger partial charge in [0.2, 0.25) is 0 Å². The molecule has 0 spiro atoms. The number of para-hydroxylation sites is 1. The molecule has 0 saturated heterocycles. The van der Waals surface area contributed by atoms with E-state index >= 15 is 0 Å². The summed E-state index contributed by atoms with van der Waals surface area (Å²) in [7, 11) is 1.60. The Hall–Kier alpha value is -1.37. The fourth-order valence-electron chi connectivity index (χ4n) is 1.77. The van der Waals surface area contributed by atoms with Gasteiger partial charge in [0.25, 0.3) is 5.56 Å². The molecule has 0 amide bonds. The van der Waals surface area contributed by atoms with Gasteiger partial charge in [0.05, 0.1) is 30.7 Å². The highest BCUT2D eigenvalue weighted by Gasteiger charge is 2.10. The molecule has 5 nitrogen and oxygen atoms in total. The van der Waals surface area contributed by atoms with Gasteiger partial charge in [0, 0.05) is 12.9 Å². The zero-order valence-corrected chi connectivity index (χ0v) is 11.5. The molecule has 0 fully saturated rings. The Bertz CT molecular complexity index is 612. The third kappa shape index (κ3) is 3.15. The van der Waals surface area contributed by atoms with Crippen LogP contribution in [0.2, 0.25) is 0 Å². The Morgan fingerprint density at radius 1 is 1.42 bits per heavy atom. The molecule has 1 N–H and O–H groups in total. The number of benzene rings is 1. The van der Waals surface area contributed by atoms with Crippen molar-refractivity contribution in [1.82, 2.24) is 9.55 Å². The quantitative estimate of drug-likeness (QED) is 0.635. The maximum atomic E-state index is 12.4. The van der Waals surface area contributed by atoms with Gasteiger partial charge < -0.3 is 9.84 Å². The lowest BCUT2D eigenvalue weighted by Gasteiger charge is -2.12. The van der Waals surface area contributed by atoms with Crippen LogP contribution in [0.5, 0.6) is 0 Å². The number of hydrogen-bond acceptors (Lipinski definition) is 5. The van der Waals surface area contributed by atoms with E-state index in [1.165, 1.54) is 11.8 Å². The molecule has 19 heavy (non-hydrogen) atoms. The minimum atomic E-state index is -0.0666. The largest absolute Gasteiger partial charge is 0.396 e. The van der Waals surface area contributed by atoms with E-state index in [2.05, 4.69) is 4.98 Å². The normalized spacial score (nSPS) is 11.1. The monoisotopic (exact) mass is 280 g/mol. The van der Waals surface area contributed by atoms with Crippen LogP contribution in [0.15, 0.2) is 34.2 Å². The molecule has 0 aliphatic rings. The molecule has 6 heteroatoms. The molecule has 0 aliphatic carbocycles. The van der Waals surface area contributed by atoms with Gasteiger partial charge in [-0.3, -0.25) is 9.36 Å². The van der Waals surface area contributed by atoms with Crippen molar-refractivity contribution in [3.8, 4) is 0 Å². The molecule has 0 unspecified atom stereocenters. The van der Waals surface area contributed by atoms with Crippen LogP contribution in [0, 0.1) is 0 Å². The number of aromatic nitrogens is 2. The molecule has 0 atom stereocenters. The molecule has 2 rings (SSSR count). The minimum absolute atomic E-state index is 0.0532. The molecule has 0 bridgehead atoms. The summed E-state index contributed by atoms with van der Waals surface area (Å²) >= 11 is 1.37. The van der Waals surface area contributed by atoms with Crippen LogP contribution in [0.4, 0.5) is 0 Å². The number of ether oxygens (including phenoxy) is 1. The second-order valence-corrected chi connectivity index (χ2v) is 5.00. The third-order valence-corrected chi connectivity index (χ3v) is 3.62. The Balaban J connectivity index is 2.52. The smallest absolute Gasteiger partial charge is 0.262 e. The van der Waals surface area contributed by atoms with Gasteiger partial charge in [-0.15, -0.1) is 0 Å². The fraction of sp³-hybridized carbons (Fsp3) is 0.385. The van der Waals surface area contributed by atoms with E-state index in [1.807, 2.05) is 18.2 Å². The van der Waals surface area contributed by atoms with E-state index < -0.39 is 0 Å². The van der Waals surface area contributed by atoms with E-state index in [4.69, 9.17) is 9.84 Å². The number of methoxy groups -OCH3 is 1. The number of nitrogens with zero attached hydrogens (tertiary/aromatic N) is 2. The Labute approximate surface area is 115 Å². The van der Waals surface area contributed by atoms with E-state index in [-0.39, 0.29) is 12.2 Å². The number of rotatable bonds is 6. The zero-order valence-electron chi connectivity index (χ0n) is 10.7. The Morgan fingerprint density at radius 2 is 2.21 bits per heavy atom. The van der Waals surface area contributed by atoms with Crippen molar-refractivity contribution in [1.29, 1.82) is 0 Å². The number of fused-ring (bicyclic) bond motifs is 1. The molecule has 0 saturated carbocycles. The predicted molar refractivity (Wildman–Crippen MR) is 75.7 cm³/mol. The average Bonchev–Trinajstić information content (AvgIpc) is 2.44. The van der Waals surface area contributed by atoms with Crippen LogP contribution in [0.3, 0.4) is 0 Å². The molecular weight excluding hydrogens is 264 g/mol. The van der Waals surface area contributed by atoms with Crippen molar-refractivity contribution in [2.24, 2.45) is 0 Å².